The highest BCUT2D eigenvalue weighted by atomic mass is 32.2. The van der Waals surface area contributed by atoms with E-state index in [9.17, 15) is 4.79 Å². The van der Waals surface area contributed by atoms with Crippen molar-refractivity contribution in [3.05, 3.63) is 88.3 Å². The van der Waals surface area contributed by atoms with Crippen LogP contribution in [-0.2, 0) is 11.3 Å². The molecule has 0 spiro atoms. The fourth-order valence-electron chi connectivity index (χ4n) is 4.78. The zero-order valence-corrected chi connectivity index (χ0v) is 21.7. The molecule has 182 valence electrons. The average Bonchev–Trinajstić information content (AvgIpc) is 3.61. The Kier molecular flexibility index (Phi) is 6.15. The van der Waals surface area contributed by atoms with Crippen LogP contribution in [0.3, 0.4) is 0 Å². The highest BCUT2D eigenvalue weighted by Gasteiger charge is 2.39. The van der Waals surface area contributed by atoms with Crippen molar-refractivity contribution >= 4 is 57.3 Å². The van der Waals surface area contributed by atoms with Crippen LogP contribution < -0.4 is 15.5 Å². The van der Waals surface area contributed by atoms with Crippen molar-refractivity contribution < 1.29 is 4.79 Å². The molecule has 0 radical (unpaired) electrons. The van der Waals surface area contributed by atoms with Gasteiger partial charge in [-0.05, 0) is 60.5 Å². The topological polar surface area (TPSA) is 65.2 Å². The second kappa shape index (κ2) is 9.59. The number of rotatable bonds is 4. The lowest BCUT2D eigenvalue weighted by Crippen LogP contribution is -2.29. The van der Waals surface area contributed by atoms with Crippen molar-refractivity contribution in [3.63, 3.8) is 0 Å². The summed E-state index contributed by atoms with van der Waals surface area (Å²) in [6.07, 6.45) is 2.35. The summed E-state index contributed by atoms with van der Waals surface area (Å²) in [7, 11) is 2.02. The molecule has 0 bridgehead atoms. The molecule has 1 amide bonds. The Labute approximate surface area is 219 Å². The predicted molar refractivity (Wildman–Crippen MR) is 152 cm³/mol. The number of nitrogens with zero attached hydrogens (tertiary/aromatic N) is 4. The lowest BCUT2D eigenvalue weighted by atomic mass is 10.2. The van der Waals surface area contributed by atoms with E-state index >= 15 is 0 Å². The number of hydrogen-bond acceptors (Lipinski definition) is 7. The number of nitrogen functional groups attached to an aromatic ring is 1. The Morgan fingerprint density at radius 1 is 0.917 bits per heavy atom. The van der Waals surface area contributed by atoms with Gasteiger partial charge >= 0.3 is 0 Å². The fourth-order valence-corrected chi connectivity index (χ4v) is 7.12. The van der Waals surface area contributed by atoms with Gasteiger partial charge in [-0.3, -0.25) is 9.69 Å². The largest absolute Gasteiger partial charge is 0.399 e. The Balaban J connectivity index is 1.43. The van der Waals surface area contributed by atoms with Gasteiger partial charge in [-0.2, -0.15) is 0 Å². The van der Waals surface area contributed by atoms with Gasteiger partial charge in [0.2, 0.25) is 0 Å². The zero-order chi connectivity index (χ0) is 24.6. The van der Waals surface area contributed by atoms with Crippen LogP contribution in [0, 0.1) is 0 Å². The number of fused-ring (bicyclic) bond motifs is 1. The molecule has 3 heterocycles. The summed E-state index contributed by atoms with van der Waals surface area (Å²) >= 11 is 3.10. The summed E-state index contributed by atoms with van der Waals surface area (Å²) in [6.45, 7) is 2.48. The lowest BCUT2D eigenvalue weighted by Gasteiger charge is -2.21. The Morgan fingerprint density at radius 3 is 2.44 bits per heavy atom. The Bertz CT molecular complexity index is 1380. The highest BCUT2D eigenvalue weighted by molar-refractivity contribution is 8.19. The molecule has 0 aromatic heterocycles. The van der Waals surface area contributed by atoms with E-state index in [0.29, 0.717) is 22.3 Å². The second-order valence-corrected chi connectivity index (χ2v) is 11.1. The van der Waals surface area contributed by atoms with Gasteiger partial charge in [0, 0.05) is 30.7 Å². The minimum Gasteiger partial charge on any atom is -0.399 e. The van der Waals surface area contributed by atoms with E-state index in [1.807, 2.05) is 61.6 Å². The number of amidine groups is 1. The molecule has 36 heavy (non-hydrogen) atoms. The van der Waals surface area contributed by atoms with Crippen LogP contribution in [0.5, 0.6) is 0 Å². The number of para-hydroxylation sites is 1. The molecular formula is C28H27N5OS2. The van der Waals surface area contributed by atoms with Crippen LogP contribution in [0.25, 0.3) is 0 Å². The summed E-state index contributed by atoms with van der Waals surface area (Å²) < 4.78 is 0. The quantitative estimate of drug-likeness (QED) is 0.339. The van der Waals surface area contributed by atoms with Crippen molar-refractivity contribution in [2.24, 2.45) is 4.99 Å². The van der Waals surface area contributed by atoms with Crippen LogP contribution in [0.2, 0.25) is 0 Å². The molecular weight excluding hydrogens is 486 g/mol. The van der Waals surface area contributed by atoms with Crippen molar-refractivity contribution in [2.75, 3.05) is 35.7 Å². The van der Waals surface area contributed by atoms with E-state index < -0.39 is 0 Å². The third kappa shape index (κ3) is 4.24. The third-order valence-electron chi connectivity index (χ3n) is 6.64. The minimum atomic E-state index is -0.0172. The highest BCUT2D eigenvalue weighted by Crippen LogP contribution is 2.50. The Morgan fingerprint density at radius 2 is 1.67 bits per heavy atom. The molecule has 6 nitrogen and oxygen atoms in total. The van der Waals surface area contributed by atoms with Crippen LogP contribution in [0.4, 0.5) is 22.7 Å². The molecule has 8 heteroatoms. The molecule has 2 fully saturated rings. The zero-order valence-electron chi connectivity index (χ0n) is 20.1. The predicted octanol–water partition coefficient (Wildman–Crippen LogP) is 6.04. The number of anilines is 3. The first-order chi connectivity index (χ1) is 17.6. The molecule has 3 aromatic carbocycles. The van der Waals surface area contributed by atoms with Crippen LogP contribution in [0.15, 0.2) is 92.6 Å². The first-order valence-corrected chi connectivity index (χ1v) is 13.7. The van der Waals surface area contributed by atoms with Gasteiger partial charge < -0.3 is 15.5 Å². The van der Waals surface area contributed by atoms with Crippen LogP contribution in [0.1, 0.15) is 18.4 Å². The fraction of sp³-hybridized carbons (Fsp3) is 0.214. The average molecular weight is 514 g/mol. The van der Waals surface area contributed by atoms with E-state index in [-0.39, 0.29) is 5.91 Å². The standard InChI is InChI=1S/C28H27N5OS2/c1-31-23-11-5-6-12-24(23)35-27(31)25-26(34)33(18-19-9-3-2-4-10-19)28(36-25)30-21-17-20(29)13-14-22(21)32-15-7-8-16-32/h2-6,9-14,17H,7-8,15-16,18,29H2,1H3/b27-25-,30-28?. The van der Waals surface area contributed by atoms with Crippen molar-refractivity contribution in [2.45, 2.75) is 24.3 Å². The molecule has 0 unspecified atom stereocenters. The van der Waals surface area contributed by atoms with Crippen LogP contribution in [-0.4, -0.2) is 36.1 Å². The maximum absolute atomic E-state index is 13.9. The number of amides is 1. The maximum atomic E-state index is 13.9. The molecule has 3 aliphatic rings. The van der Waals surface area contributed by atoms with E-state index in [1.54, 1.807) is 16.7 Å². The number of carbonyl (C=O) groups is 1. The molecule has 6 rings (SSSR count). The summed E-state index contributed by atoms with van der Waals surface area (Å²) in [4.78, 5) is 27.1. The van der Waals surface area contributed by atoms with Gasteiger partial charge in [0.25, 0.3) is 5.91 Å². The van der Waals surface area contributed by atoms with Crippen molar-refractivity contribution in [1.82, 2.24) is 4.90 Å². The van der Waals surface area contributed by atoms with Gasteiger partial charge in [-0.15, -0.1) is 0 Å². The Hall–Kier alpha value is -3.36. The van der Waals surface area contributed by atoms with Crippen molar-refractivity contribution in [3.8, 4) is 0 Å². The molecule has 2 saturated heterocycles. The van der Waals surface area contributed by atoms with E-state index in [0.717, 1.165) is 45.6 Å². The molecule has 3 aromatic rings. The SMILES string of the molecule is CN1/C(=C2/SC(=Nc3cc(N)ccc3N3CCCC3)N(Cc3ccccc3)C2=O)Sc2ccccc21. The molecule has 0 aliphatic carbocycles. The molecule has 0 saturated carbocycles. The molecule has 3 aliphatic heterocycles. The number of hydrogen-bond donors (Lipinski definition) is 1. The molecule has 2 N–H and O–H groups in total. The van der Waals surface area contributed by atoms with E-state index in [2.05, 4.69) is 28.0 Å². The summed E-state index contributed by atoms with van der Waals surface area (Å²) in [5.74, 6) is -0.0172. The number of nitrogens with two attached hydrogens (primary N) is 1. The van der Waals surface area contributed by atoms with Crippen LogP contribution >= 0.6 is 23.5 Å². The first kappa shape index (κ1) is 23.1. The summed E-state index contributed by atoms with van der Waals surface area (Å²) in [5.41, 5.74) is 10.9. The summed E-state index contributed by atoms with van der Waals surface area (Å²) in [5, 5.41) is 1.63. The van der Waals surface area contributed by atoms with Gasteiger partial charge in [0.15, 0.2) is 5.17 Å². The number of benzene rings is 3. The normalized spacial score (nSPS) is 20.6. The smallest absolute Gasteiger partial charge is 0.269 e. The van der Waals surface area contributed by atoms with E-state index in [1.165, 1.54) is 24.6 Å². The number of aliphatic imine (C=N–C) groups is 1. The lowest BCUT2D eigenvalue weighted by molar-refractivity contribution is -0.122. The third-order valence-corrected chi connectivity index (χ3v) is 9.07. The monoisotopic (exact) mass is 513 g/mol. The minimum absolute atomic E-state index is 0.0172. The molecule has 0 atom stereocenters. The summed E-state index contributed by atoms with van der Waals surface area (Å²) in [6, 6.07) is 24.2. The maximum Gasteiger partial charge on any atom is 0.269 e. The first-order valence-electron chi connectivity index (χ1n) is 12.1. The van der Waals surface area contributed by atoms with E-state index in [4.69, 9.17) is 10.7 Å². The second-order valence-electron chi connectivity index (χ2n) is 9.08. The van der Waals surface area contributed by atoms with Gasteiger partial charge in [0.05, 0.1) is 28.6 Å². The number of thioether (sulfide) groups is 2. The number of carbonyl (C=O) groups excluding carboxylic acids is 1. The van der Waals surface area contributed by atoms with Gasteiger partial charge in [-0.25, -0.2) is 4.99 Å². The van der Waals surface area contributed by atoms with Gasteiger partial charge in [-0.1, -0.05) is 54.2 Å². The van der Waals surface area contributed by atoms with Crippen molar-refractivity contribution in [1.29, 1.82) is 0 Å². The van der Waals surface area contributed by atoms with Gasteiger partial charge in [0.1, 0.15) is 4.91 Å².